The fraction of sp³-hybridized carbons (Fsp3) is 1.00. The first kappa shape index (κ1) is 0.784. The van der Waals surface area contributed by atoms with Crippen molar-refractivity contribution in [3.05, 3.63) is 0 Å². The molecule has 1 heteroatoms. The molecule has 0 radical (unpaired) electrons. The summed E-state index contributed by atoms with van der Waals surface area (Å²) in [6.07, 6.45) is -4.40. The molecule has 1 saturated carbocycles. The molecular formula is C4H8O. The summed E-state index contributed by atoms with van der Waals surface area (Å²) in [4.78, 5) is 0. The lowest BCUT2D eigenvalue weighted by Gasteiger charge is -1.73. The highest BCUT2D eigenvalue weighted by Gasteiger charge is 2.18. The van der Waals surface area contributed by atoms with Crippen LogP contribution in [0.5, 0.6) is 0 Å². The zero-order valence-electron chi connectivity index (χ0n) is 7.65. The number of rotatable bonds is 1. The van der Waals surface area contributed by atoms with Gasteiger partial charge in [-0.05, 0) is 18.6 Å². The quantitative estimate of drug-likeness (QED) is 0.480. The molecule has 0 spiro atoms. The first-order valence-corrected chi connectivity index (χ1v) is 1.42. The Kier molecular flexibility index (Phi) is 0.153. The summed E-state index contributed by atoms with van der Waals surface area (Å²) in [6.45, 7) is -0.771. The average molecular weight is 77.1 g/mol. The Bertz CT molecular complexity index is 151. The van der Waals surface area contributed by atoms with Crippen molar-refractivity contribution in [3.63, 3.8) is 0 Å². The average Bonchev–Trinajstić information content (AvgIpc) is 2.11. The van der Waals surface area contributed by atoms with Gasteiger partial charge >= 0.3 is 0 Å². The molecule has 1 rings (SSSR count). The van der Waals surface area contributed by atoms with Crippen molar-refractivity contribution in [2.45, 2.75) is 12.7 Å². The molecule has 1 aliphatic rings. The van der Waals surface area contributed by atoms with Crippen LogP contribution in [0.1, 0.15) is 19.6 Å². The molecule has 1 aliphatic carbocycles. The highest BCUT2D eigenvalue weighted by Crippen LogP contribution is 2.27. The van der Waals surface area contributed by atoms with Gasteiger partial charge in [-0.15, -0.1) is 0 Å². The molecule has 0 aromatic heterocycles. The Morgan fingerprint density at radius 1 is 2.20 bits per heavy atom. The molecule has 0 bridgehead atoms. The third-order valence-corrected chi connectivity index (χ3v) is 0.460. The summed E-state index contributed by atoms with van der Waals surface area (Å²) in [6, 6.07) is 0. The van der Waals surface area contributed by atoms with Gasteiger partial charge in [0.25, 0.3) is 0 Å². The summed E-state index contributed by atoms with van der Waals surface area (Å²) in [5.41, 5.74) is 0. The monoisotopic (exact) mass is 77.1 g/mol. The van der Waals surface area contributed by atoms with Gasteiger partial charge < -0.3 is 5.11 Å². The fourth-order valence-corrected chi connectivity index (χ4v) is 0.123. The SMILES string of the molecule is [2H]C1([2H])C([2H])([2H])C1([2H])CO. The highest BCUT2D eigenvalue weighted by molar-refractivity contribution is 4.70. The Hall–Kier alpha value is -0.0400. The van der Waals surface area contributed by atoms with E-state index in [9.17, 15) is 0 Å². The van der Waals surface area contributed by atoms with Gasteiger partial charge in [0.2, 0.25) is 0 Å². The van der Waals surface area contributed by atoms with Crippen molar-refractivity contribution in [1.29, 1.82) is 0 Å². The molecule has 0 aromatic rings. The van der Waals surface area contributed by atoms with E-state index in [1.807, 2.05) is 0 Å². The second-order valence-corrected chi connectivity index (χ2v) is 0.887. The smallest absolute Gasteiger partial charge is 0.0459 e. The molecule has 0 aromatic carbocycles. The first-order valence-electron chi connectivity index (χ1n) is 3.92. The van der Waals surface area contributed by atoms with Crippen molar-refractivity contribution in [2.24, 2.45) is 5.89 Å². The van der Waals surface area contributed by atoms with E-state index in [1.54, 1.807) is 0 Å². The van der Waals surface area contributed by atoms with Gasteiger partial charge in [0.05, 0.1) is 0 Å². The molecule has 0 heterocycles. The lowest BCUT2D eigenvalue weighted by atomic mass is 10.5. The van der Waals surface area contributed by atoms with Crippen molar-refractivity contribution < 1.29 is 12.0 Å². The van der Waals surface area contributed by atoms with Gasteiger partial charge in [-0.3, -0.25) is 0 Å². The van der Waals surface area contributed by atoms with Gasteiger partial charge in [-0.25, -0.2) is 0 Å². The van der Waals surface area contributed by atoms with Crippen LogP contribution in [0.25, 0.3) is 0 Å². The van der Waals surface area contributed by atoms with Gasteiger partial charge in [0.15, 0.2) is 0 Å². The lowest BCUT2D eigenvalue weighted by Crippen LogP contribution is -1.78. The van der Waals surface area contributed by atoms with E-state index in [-0.39, 0.29) is 0 Å². The van der Waals surface area contributed by atoms with Crippen molar-refractivity contribution in [2.75, 3.05) is 6.61 Å². The molecule has 0 aliphatic heterocycles. The van der Waals surface area contributed by atoms with Crippen LogP contribution in [-0.4, -0.2) is 11.7 Å². The molecule has 0 amide bonds. The van der Waals surface area contributed by atoms with Gasteiger partial charge in [-0.1, -0.05) is 0 Å². The number of aliphatic hydroxyl groups is 1. The fourth-order valence-electron chi connectivity index (χ4n) is 0.123. The molecule has 0 atom stereocenters. The van der Waals surface area contributed by atoms with Crippen molar-refractivity contribution >= 4 is 0 Å². The summed E-state index contributed by atoms with van der Waals surface area (Å²) in [5, 5.41) is 8.47. The molecular weight excluding hydrogens is 64.0 g/mol. The Morgan fingerprint density at radius 3 is 2.80 bits per heavy atom. The first-order chi connectivity index (χ1) is 4.31. The van der Waals surface area contributed by atoms with Crippen LogP contribution in [0.15, 0.2) is 0 Å². The van der Waals surface area contributed by atoms with E-state index in [1.165, 1.54) is 0 Å². The van der Waals surface area contributed by atoms with E-state index in [4.69, 9.17) is 12.0 Å². The minimum atomic E-state index is -2.20. The van der Waals surface area contributed by atoms with Crippen LogP contribution in [0.4, 0.5) is 0 Å². The molecule has 1 fully saturated rings. The molecule has 30 valence electrons. The van der Waals surface area contributed by atoms with E-state index in [0.29, 0.717) is 0 Å². The van der Waals surface area contributed by atoms with Crippen LogP contribution in [0.2, 0.25) is 0 Å². The summed E-state index contributed by atoms with van der Waals surface area (Å²) < 4.78 is 34.9. The molecule has 1 nitrogen and oxygen atoms in total. The van der Waals surface area contributed by atoms with Crippen molar-refractivity contribution in [3.8, 4) is 0 Å². The Morgan fingerprint density at radius 2 is 2.80 bits per heavy atom. The predicted octanol–water partition coefficient (Wildman–Crippen LogP) is 0.389. The summed E-state index contributed by atoms with van der Waals surface area (Å²) >= 11 is 0. The third kappa shape index (κ3) is 0.618. The molecule has 5 heavy (non-hydrogen) atoms. The maximum atomic E-state index is 8.47. The van der Waals surface area contributed by atoms with E-state index >= 15 is 0 Å². The van der Waals surface area contributed by atoms with Gasteiger partial charge in [0.1, 0.15) is 0 Å². The van der Waals surface area contributed by atoms with Crippen LogP contribution >= 0.6 is 0 Å². The maximum Gasteiger partial charge on any atom is 0.0459 e. The van der Waals surface area contributed by atoms with E-state index in [0.717, 1.165) is 0 Å². The standard InChI is InChI=1S/C4H8O/c5-3-4-1-2-4/h4-5H,1-3H2/i1D2,2D2,4D. The van der Waals surface area contributed by atoms with Crippen molar-refractivity contribution in [1.82, 2.24) is 0 Å². The topological polar surface area (TPSA) is 20.2 Å². The highest BCUT2D eigenvalue weighted by atomic mass is 16.3. The maximum absolute atomic E-state index is 8.47. The molecule has 1 N–H and O–H groups in total. The lowest BCUT2D eigenvalue weighted by molar-refractivity contribution is 0.277. The summed E-state index contributed by atoms with van der Waals surface area (Å²) in [7, 11) is 0. The second kappa shape index (κ2) is 0.977. The zero-order valence-corrected chi connectivity index (χ0v) is 2.65. The summed E-state index contributed by atoms with van der Waals surface area (Å²) in [5.74, 6) is -1.94. The molecule has 0 unspecified atom stereocenters. The third-order valence-electron chi connectivity index (χ3n) is 0.460. The minimum absolute atomic E-state index is 0.771. The normalized spacial score (nSPS) is 64.6. The number of hydrogen-bond donors (Lipinski definition) is 1. The Balaban J connectivity index is 2.90. The van der Waals surface area contributed by atoms with Crippen LogP contribution < -0.4 is 0 Å². The predicted molar refractivity (Wildman–Crippen MR) is 19.8 cm³/mol. The number of hydrogen-bond acceptors (Lipinski definition) is 1. The van der Waals surface area contributed by atoms with Gasteiger partial charge in [0, 0.05) is 13.5 Å². The van der Waals surface area contributed by atoms with E-state index in [2.05, 4.69) is 0 Å². The van der Waals surface area contributed by atoms with Crippen LogP contribution in [-0.2, 0) is 0 Å². The Labute approximate surface area is 38.6 Å². The van der Waals surface area contributed by atoms with Gasteiger partial charge in [-0.2, -0.15) is 0 Å². The van der Waals surface area contributed by atoms with Crippen LogP contribution in [0, 0.1) is 5.89 Å². The second-order valence-electron chi connectivity index (χ2n) is 0.887. The van der Waals surface area contributed by atoms with Crippen LogP contribution in [0.3, 0.4) is 0 Å². The molecule has 0 saturated heterocycles. The minimum Gasteiger partial charge on any atom is -0.396 e. The van der Waals surface area contributed by atoms with E-state index < -0.39 is 25.2 Å². The number of aliphatic hydroxyl groups excluding tert-OH is 1. The largest absolute Gasteiger partial charge is 0.396 e. The zero-order chi connectivity index (χ0) is 8.21.